The maximum Gasteiger partial charge on any atom is 0.320 e. The summed E-state index contributed by atoms with van der Waals surface area (Å²) in [6.45, 7) is 2.10. The predicted molar refractivity (Wildman–Crippen MR) is 74.2 cm³/mol. The van der Waals surface area contributed by atoms with Crippen molar-refractivity contribution in [2.24, 2.45) is 5.92 Å². The standard InChI is InChI=1S/C14H20N2O2S/c1-9(13-15-6-7-19-13)16-11-5-3-2-4-10(11)8-12(16)14(17)18/h6-7,9-12H,2-5,8H2,1H3,(H,17,18). The molecule has 104 valence electrons. The molecule has 0 spiro atoms. The third kappa shape index (κ3) is 2.30. The first kappa shape index (κ1) is 13.1. The molecule has 2 aliphatic rings. The number of carboxylic acid groups (broad SMARTS) is 1. The van der Waals surface area contributed by atoms with Gasteiger partial charge in [-0.25, -0.2) is 4.98 Å². The number of hydrogen-bond acceptors (Lipinski definition) is 4. The van der Waals surface area contributed by atoms with E-state index in [1.807, 2.05) is 5.38 Å². The third-order valence-corrected chi connectivity index (χ3v) is 5.62. The van der Waals surface area contributed by atoms with Crippen molar-refractivity contribution in [1.29, 1.82) is 0 Å². The van der Waals surface area contributed by atoms with E-state index in [-0.39, 0.29) is 12.1 Å². The fraction of sp³-hybridized carbons (Fsp3) is 0.714. The monoisotopic (exact) mass is 280 g/mol. The average Bonchev–Trinajstić information content (AvgIpc) is 3.05. The second kappa shape index (κ2) is 5.21. The van der Waals surface area contributed by atoms with Crippen LogP contribution in [0.1, 0.15) is 50.1 Å². The Morgan fingerprint density at radius 1 is 1.53 bits per heavy atom. The average molecular weight is 280 g/mol. The van der Waals surface area contributed by atoms with Gasteiger partial charge < -0.3 is 5.11 Å². The van der Waals surface area contributed by atoms with E-state index >= 15 is 0 Å². The molecule has 19 heavy (non-hydrogen) atoms. The van der Waals surface area contributed by atoms with Crippen molar-refractivity contribution in [2.75, 3.05) is 0 Å². The fourth-order valence-corrected chi connectivity index (χ4v) is 4.55. The van der Waals surface area contributed by atoms with Gasteiger partial charge in [-0.1, -0.05) is 12.8 Å². The summed E-state index contributed by atoms with van der Waals surface area (Å²) in [5.41, 5.74) is 0. The summed E-state index contributed by atoms with van der Waals surface area (Å²) in [5, 5.41) is 12.5. The SMILES string of the molecule is CC(c1nccs1)N1C(C(=O)O)CC2CCCCC21. The summed E-state index contributed by atoms with van der Waals surface area (Å²) < 4.78 is 0. The molecule has 1 saturated heterocycles. The zero-order chi connectivity index (χ0) is 13.4. The lowest BCUT2D eigenvalue weighted by atomic mass is 9.84. The largest absolute Gasteiger partial charge is 0.480 e. The number of rotatable bonds is 3. The molecule has 5 heteroatoms. The fourth-order valence-electron chi connectivity index (χ4n) is 3.85. The van der Waals surface area contributed by atoms with E-state index in [4.69, 9.17) is 0 Å². The summed E-state index contributed by atoms with van der Waals surface area (Å²) in [6.07, 6.45) is 7.44. The Hall–Kier alpha value is -0.940. The summed E-state index contributed by atoms with van der Waals surface area (Å²) in [7, 11) is 0. The van der Waals surface area contributed by atoms with Crippen LogP contribution in [0.25, 0.3) is 0 Å². The highest BCUT2D eigenvalue weighted by molar-refractivity contribution is 7.09. The van der Waals surface area contributed by atoms with Gasteiger partial charge in [0.2, 0.25) is 0 Å². The number of carboxylic acids is 1. The number of nitrogens with zero attached hydrogens (tertiary/aromatic N) is 2. The number of aliphatic carboxylic acids is 1. The van der Waals surface area contributed by atoms with Gasteiger partial charge in [-0.3, -0.25) is 9.69 Å². The minimum absolute atomic E-state index is 0.120. The van der Waals surface area contributed by atoms with E-state index in [2.05, 4.69) is 16.8 Å². The molecule has 0 aromatic carbocycles. The Labute approximate surface area is 117 Å². The van der Waals surface area contributed by atoms with Gasteiger partial charge >= 0.3 is 5.97 Å². The quantitative estimate of drug-likeness (QED) is 0.925. The van der Waals surface area contributed by atoms with Crippen LogP contribution in [0.4, 0.5) is 0 Å². The lowest BCUT2D eigenvalue weighted by molar-refractivity contribution is -0.143. The van der Waals surface area contributed by atoms with Gasteiger partial charge in [0.25, 0.3) is 0 Å². The summed E-state index contributed by atoms with van der Waals surface area (Å²) >= 11 is 1.63. The third-order valence-electron chi connectivity index (χ3n) is 4.68. The molecule has 1 aliphatic carbocycles. The van der Waals surface area contributed by atoms with Crippen LogP contribution >= 0.6 is 11.3 Å². The number of thiazole rings is 1. The van der Waals surface area contributed by atoms with Gasteiger partial charge in [-0.15, -0.1) is 11.3 Å². The topological polar surface area (TPSA) is 53.4 Å². The normalized spacial score (nSPS) is 33.0. The van der Waals surface area contributed by atoms with Crippen molar-refractivity contribution in [3.63, 3.8) is 0 Å². The second-order valence-electron chi connectivity index (χ2n) is 5.70. The second-order valence-corrected chi connectivity index (χ2v) is 6.62. The predicted octanol–water partition coefficient (Wildman–Crippen LogP) is 2.92. The molecule has 4 nitrogen and oxygen atoms in total. The lowest BCUT2D eigenvalue weighted by Gasteiger charge is -2.36. The van der Waals surface area contributed by atoms with Gasteiger partial charge in [0.05, 0.1) is 6.04 Å². The molecule has 2 heterocycles. The van der Waals surface area contributed by atoms with Crippen molar-refractivity contribution in [3.8, 4) is 0 Å². The number of aromatic nitrogens is 1. The molecule has 1 N–H and O–H groups in total. The first-order chi connectivity index (χ1) is 9.18. The minimum atomic E-state index is -0.669. The van der Waals surface area contributed by atoms with Crippen molar-refractivity contribution < 1.29 is 9.90 Å². The van der Waals surface area contributed by atoms with E-state index in [1.165, 1.54) is 19.3 Å². The molecular formula is C14H20N2O2S. The first-order valence-electron chi connectivity index (χ1n) is 7.08. The van der Waals surface area contributed by atoms with Crippen LogP contribution in [0.15, 0.2) is 11.6 Å². The summed E-state index contributed by atoms with van der Waals surface area (Å²) in [6, 6.07) is 0.231. The van der Waals surface area contributed by atoms with Crippen LogP contribution in [0.3, 0.4) is 0 Å². The van der Waals surface area contributed by atoms with Crippen molar-refractivity contribution >= 4 is 17.3 Å². The minimum Gasteiger partial charge on any atom is -0.480 e. The zero-order valence-corrected chi connectivity index (χ0v) is 12.0. The highest BCUT2D eigenvalue weighted by Crippen LogP contribution is 2.44. The number of carbonyl (C=O) groups is 1. The van der Waals surface area contributed by atoms with E-state index in [1.54, 1.807) is 17.5 Å². The maximum atomic E-state index is 11.6. The Morgan fingerprint density at radius 2 is 2.32 bits per heavy atom. The van der Waals surface area contributed by atoms with Crippen LogP contribution in [-0.4, -0.2) is 33.0 Å². The lowest BCUT2D eigenvalue weighted by Crippen LogP contribution is -2.43. The van der Waals surface area contributed by atoms with Gasteiger partial charge in [-0.2, -0.15) is 0 Å². The Kier molecular flexibility index (Phi) is 3.58. The van der Waals surface area contributed by atoms with Gasteiger partial charge in [-0.05, 0) is 32.1 Å². The van der Waals surface area contributed by atoms with E-state index in [0.717, 1.165) is 17.8 Å². The molecule has 0 radical (unpaired) electrons. The molecule has 1 aromatic heterocycles. The molecule has 4 atom stereocenters. The van der Waals surface area contributed by atoms with Crippen molar-refractivity contribution in [3.05, 3.63) is 16.6 Å². The zero-order valence-electron chi connectivity index (χ0n) is 11.2. The van der Waals surface area contributed by atoms with E-state index < -0.39 is 5.97 Å². The smallest absolute Gasteiger partial charge is 0.320 e. The molecular weight excluding hydrogens is 260 g/mol. The van der Waals surface area contributed by atoms with Crippen LogP contribution in [0.5, 0.6) is 0 Å². The molecule has 1 aliphatic heterocycles. The van der Waals surface area contributed by atoms with Gasteiger partial charge in [0.15, 0.2) is 0 Å². The molecule has 0 bridgehead atoms. The molecule has 1 aromatic rings. The molecule has 2 fully saturated rings. The van der Waals surface area contributed by atoms with Crippen molar-refractivity contribution in [1.82, 2.24) is 9.88 Å². The van der Waals surface area contributed by atoms with E-state index in [0.29, 0.717) is 12.0 Å². The van der Waals surface area contributed by atoms with Crippen LogP contribution in [0, 0.1) is 5.92 Å². The number of fused-ring (bicyclic) bond motifs is 1. The van der Waals surface area contributed by atoms with Crippen LogP contribution in [-0.2, 0) is 4.79 Å². The number of likely N-dealkylation sites (tertiary alicyclic amines) is 1. The highest BCUT2D eigenvalue weighted by atomic mass is 32.1. The number of hydrogen-bond donors (Lipinski definition) is 1. The maximum absolute atomic E-state index is 11.6. The highest BCUT2D eigenvalue weighted by Gasteiger charge is 2.47. The molecule has 4 unspecified atom stereocenters. The Morgan fingerprint density at radius 3 is 3.00 bits per heavy atom. The molecule has 3 rings (SSSR count). The molecule has 1 saturated carbocycles. The van der Waals surface area contributed by atoms with E-state index in [9.17, 15) is 9.90 Å². The summed E-state index contributed by atoms with van der Waals surface area (Å²) in [4.78, 5) is 18.2. The summed E-state index contributed by atoms with van der Waals surface area (Å²) in [5.74, 6) is -0.102. The Balaban J connectivity index is 1.88. The van der Waals surface area contributed by atoms with Crippen LogP contribution < -0.4 is 0 Å². The molecule has 0 amide bonds. The Bertz CT molecular complexity index is 448. The van der Waals surface area contributed by atoms with Crippen LogP contribution in [0.2, 0.25) is 0 Å². The van der Waals surface area contributed by atoms with Gasteiger partial charge in [0, 0.05) is 17.6 Å². The van der Waals surface area contributed by atoms with Gasteiger partial charge in [0.1, 0.15) is 11.0 Å². The first-order valence-corrected chi connectivity index (χ1v) is 7.96. The van der Waals surface area contributed by atoms with Crippen molar-refractivity contribution in [2.45, 2.75) is 57.2 Å².